The third-order valence-corrected chi connectivity index (χ3v) is 11.5. The average Bonchev–Trinajstić information content (AvgIpc) is 3.89. The van der Waals surface area contributed by atoms with Crippen molar-refractivity contribution in [3.63, 3.8) is 0 Å². The Morgan fingerprint density at radius 1 is 1.19 bits per heavy atom. The number of carbonyl (C=O) groups excluding carboxylic acids is 4. The fraction of sp³-hybridized carbons (Fsp3) is 0.567. The smallest absolute Gasteiger partial charge is 0.410 e. The van der Waals surface area contributed by atoms with Crippen molar-refractivity contribution >= 4 is 62.8 Å². The van der Waals surface area contributed by atoms with Crippen LogP contribution in [0.2, 0.25) is 5.02 Å². The van der Waals surface area contributed by atoms with Crippen molar-refractivity contribution in [1.82, 2.24) is 25.2 Å². The van der Waals surface area contributed by atoms with Crippen LogP contribution in [0.5, 0.6) is 0 Å². The summed E-state index contributed by atoms with van der Waals surface area (Å²) in [6.45, 7) is 0.985. The van der Waals surface area contributed by atoms with Crippen LogP contribution in [-0.4, -0.2) is 95.9 Å². The number of thiocarbonyl (C=S) groups is 1. The number of fused-ring (bicyclic) bond motifs is 3. The van der Waals surface area contributed by atoms with E-state index in [9.17, 15) is 27.6 Å². The van der Waals surface area contributed by atoms with Crippen LogP contribution in [0.3, 0.4) is 0 Å². The number of nitrogens with two attached hydrogens (primary N) is 1. The second-order valence-corrected chi connectivity index (χ2v) is 15.4. The van der Waals surface area contributed by atoms with E-state index in [1.54, 1.807) is 24.3 Å². The summed E-state index contributed by atoms with van der Waals surface area (Å²) < 4.78 is 39.0. The first kappa shape index (κ1) is 33.4. The molecule has 14 nitrogen and oxygen atoms in total. The van der Waals surface area contributed by atoms with Crippen LogP contribution in [0.25, 0.3) is 0 Å². The first-order chi connectivity index (χ1) is 22.4. The summed E-state index contributed by atoms with van der Waals surface area (Å²) in [6, 6.07) is 3.40. The summed E-state index contributed by atoms with van der Waals surface area (Å²) in [4.78, 5) is 57.6. The van der Waals surface area contributed by atoms with Crippen molar-refractivity contribution in [3.8, 4) is 0 Å². The van der Waals surface area contributed by atoms with Gasteiger partial charge >= 0.3 is 6.09 Å². The van der Waals surface area contributed by atoms with Crippen LogP contribution in [0, 0.1) is 5.92 Å². The second kappa shape index (κ2) is 13.2. The Balaban J connectivity index is 1.24. The lowest BCUT2D eigenvalue weighted by atomic mass is 10.1. The molecule has 0 spiro atoms. The molecule has 0 bridgehead atoms. The first-order valence-corrected chi connectivity index (χ1v) is 17.9. The zero-order valence-electron chi connectivity index (χ0n) is 25.5. The minimum Gasteiger partial charge on any atom is -0.444 e. The number of benzene rings is 1. The van der Waals surface area contributed by atoms with E-state index in [4.69, 9.17) is 39.0 Å². The van der Waals surface area contributed by atoms with Gasteiger partial charge in [-0.1, -0.05) is 35.9 Å². The van der Waals surface area contributed by atoms with Crippen LogP contribution in [0.15, 0.2) is 30.4 Å². The molecule has 2 saturated carbocycles. The zero-order valence-corrected chi connectivity index (χ0v) is 27.9. The van der Waals surface area contributed by atoms with Crippen LogP contribution in [0.1, 0.15) is 49.7 Å². The van der Waals surface area contributed by atoms with E-state index in [-0.39, 0.29) is 44.1 Å². The number of carbonyl (C=O) groups is 4. The number of nitrogens with one attached hydrogen (secondary N) is 3. The van der Waals surface area contributed by atoms with Crippen molar-refractivity contribution in [2.24, 2.45) is 11.7 Å². The molecule has 254 valence electrons. The number of amides is 4. The van der Waals surface area contributed by atoms with Gasteiger partial charge in [-0.05, 0) is 61.5 Å². The molecule has 5 atom stereocenters. The van der Waals surface area contributed by atoms with Gasteiger partial charge in [-0.25, -0.2) is 13.2 Å². The van der Waals surface area contributed by atoms with Gasteiger partial charge in [0.05, 0.1) is 24.9 Å². The van der Waals surface area contributed by atoms with Gasteiger partial charge in [-0.2, -0.15) is 0 Å². The summed E-state index contributed by atoms with van der Waals surface area (Å²) in [5.41, 5.74) is 5.93. The minimum absolute atomic E-state index is 0.0493. The number of rotatable bonds is 5. The number of hydrogen-bond acceptors (Lipinski definition) is 9. The molecule has 3 aliphatic heterocycles. The highest BCUT2D eigenvalue weighted by molar-refractivity contribution is 7.91. The third-order valence-electron chi connectivity index (χ3n) is 9.24. The van der Waals surface area contributed by atoms with Gasteiger partial charge in [0.2, 0.25) is 21.8 Å². The van der Waals surface area contributed by atoms with Crippen molar-refractivity contribution in [2.75, 3.05) is 19.8 Å². The van der Waals surface area contributed by atoms with Crippen LogP contribution < -0.4 is 21.1 Å². The van der Waals surface area contributed by atoms with E-state index >= 15 is 0 Å². The zero-order chi connectivity index (χ0) is 33.5. The van der Waals surface area contributed by atoms with Gasteiger partial charge in [-0.15, -0.1) is 0 Å². The normalized spacial score (nSPS) is 30.1. The third kappa shape index (κ3) is 7.20. The Morgan fingerprint density at radius 2 is 1.98 bits per heavy atom. The van der Waals surface area contributed by atoms with Gasteiger partial charge < -0.3 is 30.7 Å². The van der Waals surface area contributed by atoms with Gasteiger partial charge in [0, 0.05) is 30.5 Å². The number of ether oxygens (including phenoxy) is 2. The molecular weight excluding hydrogens is 672 g/mol. The average molecular weight is 709 g/mol. The van der Waals surface area contributed by atoms with Crippen molar-refractivity contribution in [2.45, 2.75) is 80.6 Å². The minimum atomic E-state index is -3.90. The van der Waals surface area contributed by atoms with E-state index < -0.39 is 68.7 Å². The molecule has 5 aliphatic rings. The summed E-state index contributed by atoms with van der Waals surface area (Å²) in [7, 11) is -3.90. The quantitative estimate of drug-likeness (QED) is 0.250. The molecule has 1 aromatic rings. The predicted molar refractivity (Wildman–Crippen MR) is 173 cm³/mol. The molecule has 2 aliphatic carbocycles. The lowest BCUT2D eigenvalue weighted by molar-refractivity contribution is -0.141. The fourth-order valence-electron chi connectivity index (χ4n) is 6.46. The maximum absolute atomic E-state index is 14.0. The van der Waals surface area contributed by atoms with E-state index in [1.165, 1.54) is 9.80 Å². The summed E-state index contributed by atoms with van der Waals surface area (Å²) in [5.74, 6) is -2.50. The maximum atomic E-state index is 14.0. The SMILES string of the molecule is NC(=S)N[C@H]1CCCOC/C=C\[C@H]2C[C@@]2(C(=O)NS(=O)(=O)C2CC2)NC(=O)[C@@H]2C[C@@H](OC(=O)N3Cc4cccc(Cl)c4C3)CN2C1=O. The number of sulfonamides is 1. The summed E-state index contributed by atoms with van der Waals surface area (Å²) >= 11 is 11.3. The molecule has 3 fully saturated rings. The Kier molecular flexibility index (Phi) is 9.39. The molecule has 1 saturated heterocycles. The van der Waals surface area contributed by atoms with Crippen molar-refractivity contribution in [1.29, 1.82) is 0 Å². The highest BCUT2D eigenvalue weighted by Gasteiger charge is 2.62. The Morgan fingerprint density at radius 3 is 2.70 bits per heavy atom. The van der Waals surface area contributed by atoms with Gasteiger partial charge in [-0.3, -0.25) is 24.0 Å². The van der Waals surface area contributed by atoms with Gasteiger partial charge in [0.25, 0.3) is 5.91 Å². The molecule has 0 unspecified atom stereocenters. The highest BCUT2D eigenvalue weighted by atomic mass is 35.5. The number of hydrogen-bond donors (Lipinski definition) is 4. The molecule has 5 N–H and O–H groups in total. The van der Waals surface area contributed by atoms with Crippen molar-refractivity contribution in [3.05, 3.63) is 46.5 Å². The summed E-state index contributed by atoms with van der Waals surface area (Å²) in [5, 5.41) is 5.39. The molecule has 4 amide bonds. The monoisotopic (exact) mass is 708 g/mol. The molecule has 6 rings (SSSR count). The molecule has 3 heterocycles. The lowest BCUT2D eigenvalue weighted by Gasteiger charge is -2.30. The standard InChI is InChI=1S/C30H37ClN6O8S2/c31-22-6-1-4-17-14-36(16-21(17)22)29(41)45-19-12-24-25(38)34-30(27(40)35-47(42,43)20-8-9-20)13-18(30)5-2-10-44-11-3-7-23(33-28(32)46)26(39)37(24)15-19/h1-2,4-6,18-20,23-24H,3,7-16H2,(H,34,38)(H,35,40)(H3,32,33,46)/b5-2-/t18-,19+,23-,24-,30+/m0/s1. The van der Waals surface area contributed by atoms with E-state index in [0.29, 0.717) is 37.4 Å². The van der Waals surface area contributed by atoms with Gasteiger partial charge in [0.15, 0.2) is 5.11 Å². The molecule has 0 aromatic heterocycles. The van der Waals surface area contributed by atoms with Crippen LogP contribution in [0.4, 0.5) is 4.79 Å². The van der Waals surface area contributed by atoms with E-state index in [2.05, 4.69) is 15.4 Å². The molecule has 17 heteroatoms. The topological polar surface area (TPSA) is 189 Å². The van der Waals surface area contributed by atoms with Crippen LogP contribution in [-0.2, 0) is 47.0 Å². The van der Waals surface area contributed by atoms with Crippen molar-refractivity contribution < 1.29 is 37.1 Å². The van der Waals surface area contributed by atoms with Crippen LogP contribution >= 0.6 is 23.8 Å². The summed E-state index contributed by atoms with van der Waals surface area (Å²) in [6.07, 6.45) is 3.74. The predicted octanol–water partition coefficient (Wildman–Crippen LogP) is 0.813. The first-order valence-electron chi connectivity index (χ1n) is 15.6. The molecule has 1 aromatic carbocycles. The maximum Gasteiger partial charge on any atom is 0.410 e. The highest BCUT2D eigenvalue weighted by Crippen LogP contribution is 2.46. The van der Waals surface area contributed by atoms with E-state index in [1.807, 2.05) is 6.07 Å². The largest absolute Gasteiger partial charge is 0.444 e. The molecule has 0 radical (unpaired) electrons. The molecular formula is C30H37ClN6O8S2. The Bertz CT molecular complexity index is 1620. The number of nitrogens with zero attached hydrogens (tertiary/aromatic N) is 2. The lowest BCUT2D eigenvalue weighted by Crippen LogP contribution is -2.58. The van der Waals surface area contributed by atoms with E-state index in [0.717, 1.165) is 11.1 Å². The fourth-order valence-corrected chi connectivity index (χ4v) is 8.22. The Hall–Kier alpha value is -3.47. The molecule has 47 heavy (non-hydrogen) atoms. The Labute approximate surface area is 282 Å². The number of halogens is 1. The second-order valence-electron chi connectivity index (χ2n) is 12.6. The van der Waals surface area contributed by atoms with Gasteiger partial charge in [0.1, 0.15) is 23.7 Å².